The number of aliphatic hydroxyl groups excluding tert-OH is 1. The second-order valence-corrected chi connectivity index (χ2v) is 7.42. The number of carbonyl (C=O) groups excluding carboxylic acids is 1. The van der Waals surface area contributed by atoms with Crippen molar-refractivity contribution in [2.24, 2.45) is 0 Å². The number of hydrogen-bond acceptors (Lipinski definition) is 5. The summed E-state index contributed by atoms with van der Waals surface area (Å²) in [5, 5.41) is 9.95. The fourth-order valence-corrected chi connectivity index (χ4v) is 3.94. The minimum absolute atomic E-state index is 0.0528. The zero-order valence-corrected chi connectivity index (χ0v) is 17.0. The van der Waals surface area contributed by atoms with Gasteiger partial charge in [-0.15, -0.1) is 0 Å². The Balaban J connectivity index is 1.73. The molecule has 1 aliphatic heterocycles. The molecule has 3 aromatic rings. The van der Waals surface area contributed by atoms with Crippen molar-refractivity contribution in [3.8, 4) is 5.75 Å². The molecule has 1 aliphatic rings. The number of unbranched alkanes of at least 4 members (excludes halogenated alkanes) is 2. The number of para-hydroxylation sites is 1. The number of benzene rings is 2. The third kappa shape index (κ3) is 3.59. The van der Waals surface area contributed by atoms with Crippen molar-refractivity contribution in [2.75, 3.05) is 19.8 Å². The molecule has 0 saturated heterocycles. The second-order valence-electron chi connectivity index (χ2n) is 7.42. The molecule has 4 rings (SSSR count). The zero-order chi connectivity index (χ0) is 21.1. The highest BCUT2D eigenvalue weighted by Gasteiger charge is 2.42. The monoisotopic (exact) mass is 407 g/mol. The Kier molecular flexibility index (Phi) is 5.86. The number of aliphatic hydroxyl groups is 1. The third-order valence-electron chi connectivity index (χ3n) is 5.43. The number of ether oxygens (including phenoxy) is 1. The van der Waals surface area contributed by atoms with Gasteiger partial charge in [0.25, 0.3) is 5.91 Å². The van der Waals surface area contributed by atoms with Crippen LogP contribution < -0.4 is 10.2 Å². The van der Waals surface area contributed by atoms with Crippen LogP contribution in [0, 0.1) is 0 Å². The van der Waals surface area contributed by atoms with Gasteiger partial charge in [0.05, 0.1) is 30.2 Å². The number of carbonyl (C=O) groups is 1. The lowest BCUT2D eigenvalue weighted by Gasteiger charge is -2.24. The molecule has 0 bridgehead atoms. The zero-order valence-electron chi connectivity index (χ0n) is 17.0. The van der Waals surface area contributed by atoms with Gasteiger partial charge in [0, 0.05) is 6.54 Å². The molecule has 2 aromatic carbocycles. The minimum Gasteiger partial charge on any atom is -0.494 e. The highest BCUT2D eigenvalue weighted by molar-refractivity contribution is 5.99. The summed E-state index contributed by atoms with van der Waals surface area (Å²) in [6, 6.07) is 13.7. The van der Waals surface area contributed by atoms with Crippen molar-refractivity contribution >= 4 is 16.9 Å². The predicted molar refractivity (Wildman–Crippen MR) is 114 cm³/mol. The van der Waals surface area contributed by atoms with Gasteiger partial charge >= 0.3 is 0 Å². The molecule has 30 heavy (non-hydrogen) atoms. The molecule has 0 unspecified atom stereocenters. The van der Waals surface area contributed by atoms with Crippen LogP contribution in [0.5, 0.6) is 5.75 Å². The molecule has 1 amide bonds. The van der Waals surface area contributed by atoms with E-state index in [4.69, 9.17) is 9.15 Å². The standard InChI is InChI=1S/C24H25NO5/c1-2-3-6-15-29-17-11-9-16(10-12-17)21-20-22(27)18-7-4-5-8-19(18)30-23(20)24(28)25(21)13-14-26/h4-5,7-12,21,26H,2-3,6,13-15H2,1H3/t21-/m1/s1. The van der Waals surface area contributed by atoms with Crippen LogP contribution in [0.2, 0.25) is 0 Å². The van der Waals surface area contributed by atoms with Crippen LogP contribution in [0.3, 0.4) is 0 Å². The van der Waals surface area contributed by atoms with Crippen LogP contribution in [0.15, 0.2) is 57.7 Å². The first kappa shape index (κ1) is 20.2. The molecule has 6 nitrogen and oxygen atoms in total. The smallest absolute Gasteiger partial charge is 0.290 e. The third-order valence-corrected chi connectivity index (χ3v) is 5.43. The van der Waals surface area contributed by atoms with E-state index >= 15 is 0 Å². The highest BCUT2D eigenvalue weighted by Crippen LogP contribution is 2.38. The summed E-state index contributed by atoms with van der Waals surface area (Å²) in [7, 11) is 0. The molecule has 0 fully saturated rings. The Morgan fingerprint density at radius 1 is 1.07 bits per heavy atom. The lowest BCUT2D eigenvalue weighted by Crippen LogP contribution is -2.32. The molecule has 0 spiro atoms. The van der Waals surface area contributed by atoms with Gasteiger partial charge in [-0.25, -0.2) is 0 Å². The van der Waals surface area contributed by atoms with Gasteiger partial charge in [-0.2, -0.15) is 0 Å². The molecular formula is C24H25NO5. The number of rotatable bonds is 8. The first-order chi connectivity index (χ1) is 14.7. The first-order valence-electron chi connectivity index (χ1n) is 10.4. The summed E-state index contributed by atoms with van der Waals surface area (Å²) in [4.78, 5) is 27.7. The molecule has 1 aromatic heterocycles. The van der Waals surface area contributed by atoms with Crippen molar-refractivity contribution in [3.63, 3.8) is 0 Å². The Morgan fingerprint density at radius 2 is 1.83 bits per heavy atom. The van der Waals surface area contributed by atoms with E-state index in [1.165, 1.54) is 4.90 Å². The van der Waals surface area contributed by atoms with Crippen molar-refractivity contribution in [1.29, 1.82) is 0 Å². The number of amides is 1. The maximum absolute atomic E-state index is 13.2. The lowest BCUT2D eigenvalue weighted by atomic mass is 9.98. The van der Waals surface area contributed by atoms with E-state index in [-0.39, 0.29) is 30.2 Å². The molecular weight excluding hydrogens is 382 g/mol. The van der Waals surface area contributed by atoms with Crippen LogP contribution in [-0.2, 0) is 0 Å². The summed E-state index contributed by atoms with van der Waals surface area (Å²) in [5.41, 5.74) is 1.27. The van der Waals surface area contributed by atoms with Gasteiger partial charge in [-0.1, -0.05) is 44.0 Å². The Bertz CT molecular complexity index is 1100. The molecule has 0 aliphatic carbocycles. The van der Waals surface area contributed by atoms with E-state index in [2.05, 4.69) is 6.92 Å². The predicted octanol–water partition coefficient (Wildman–Crippen LogP) is 3.90. The van der Waals surface area contributed by atoms with Gasteiger partial charge < -0.3 is 19.2 Å². The van der Waals surface area contributed by atoms with E-state index < -0.39 is 6.04 Å². The quantitative estimate of drug-likeness (QED) is 0.573. The van der Waals surface area contributed by atoms with Gasteiger partial charge in [0.1, 0.15) is 11.3 Å². The Labute approximate surface area is 174 Å². The summed E-state index contributed by atoms with van der Waals surface area (Å²) < 4.78 is 11.6. The van der Waals surface area contributed by atoms with Crippen LogP contribution in [0.4, 0.5) is 0 Å². The van der Waals surface area contributed by atoms with Crippen LogP contribution in [-0.4, -0.2) is 35.7 Å². The normalized spacial score (nSPS) is 15.6. The van der Waals surface area contributed by atoms with E-state index in [0.717, 1.165) is 30.6 Å². The number of hydrogen-bond donors (Lipinski definition) is 1. The number of nitrogens with zero attached hydrogens (tertiary/aromatic N) is 1. The van der Waals surface area contributed by atoms with Crippen molar-refractivity contribution in [2.45, 2.75) is 32.2 Å². The minimum atomic E-state index is -0.602. The lowest BCUT2D eigenvalue weighted by molar-refractivity contribution is 0.0691. The number of β-amino-alcohol motifs (C(OH)–C–C–N with tert-alkyl or cyclic N) is 1. The van der Waals surface area contributed by atoms with Crippen molar-refractivity contribution in [3.05, 3.63) is 75.6 Å². The Hall–Kier alpha value is -3.12. The van der Waals surface area contributed by atoms with E-state index in [1.54, 1.807) is 24.3 Å². The fourth-order valence-electron chi connectivity index (χ4n) is 3.94. The number of fused-ring (bicyclic) bond motifs is 2. The average molecular weight is 407 g/mol. The molecule has 1 N–H and O–H groups in total. The van der Waals surface area contributed by atoms with Crippen LogP contribution in [0.25, 0.3) is 11.0 Å². The SMILES string of the molecule is CCCCCOc1ccc([C@@H]2c3c(oc4ccccc4c3=O)C(=O)N2CCO)cc1. The average Bonchev–Trinajstić information content (AvgIpc) is 3.04. The van der Waals surface area contributed by atoms with Gasteiger partial charge in [-0.3, -0.25) is 9.59 Å². The molecule has 0 radical (unpaired) electrons. The molecule has 6 heteroatoms. The van der Waals surface area contributed by atoms with Crippen LogP contribution >= 0.6 is 0 Å². The maximum Gasteiger partial charge on any atom is 0.290 e. The Morgan fingerprint density at radius 3 is 2.57 bits per heavy atom. The van der Waals surface area contributed by atoms with E-state index in [0.29, 0.717) is 23.1 Å². The summed E-state index contributed by atoms with van der Waals surface area (Å²) in [6.07, 6.45) is 3.26. The van der Waals surface area contributed by atoms with Gasteiger partial charge in [0.15, 0.2) is 5.43 Å². The summed E-state index contributed by atoms with van der Waals surface area (Å²) in [6.45, 7) is 2.71. The molecule has 156 valence electrons. The largest absolute Gasteiger partial charge is 0.494 e. The van der Waals surface area contributed by atoms with Crippen molar-refractivity contribution < 1.29 is 19.1 Å². The highest BCUT2D eigenvalue weighted by atomic mass is 16.5. The van der Waals surface area contributed by atoms with E-state index in [1.807, 2.05) is 24.3 Å². The summed E-state index contributed by atoms with van der Waals surface area (Å²) >= 11 is 0. The topological polar surface area (TPSA) is 80.0 Å². The molecule has 0 saturated carbocycles. The van der Waals surface area contributed by atoms with Crippen LogP contribution in [0.1, 0.15) is 53.9 Å². The van der Waals surface area contributed by atoms with Gasteiger partial charge in [0.2, 0.25) is 5.76 Å². The fraction of sp³-hybridized carbons (Fsp3) is 0.333. The van der Waals surface area contributed by atoms with Crippen molar-refractivity contribution in [1.82, 2.24) is 4.90 Å². The van der Waals surface area contributed by atoms with E-state index in [9.17, 15) is 14.7 Å². The molecule has 2 heterocycles. The summed E-state index contributed by atoms with van der Waals surface area (Å²) in [5.74, 6) is 0.419. The van der Waals surface area contributed by atoms with Gasteiger partial charge in [-0.05, 0) is 36.2 Å². The first-order valence-corrected chi connectivity index (χ1v) is 10.4. The second kappa shape index (κ2) is 8.71. The maximum atomic E-state index is 13.2. The molecule has 1 atom stereocenters.